The van der Waals surface area contributed by atoms with Crippen LogP contribution in [0.25, 0.3) is 10.9 Å². The second-order valence-corrected chi connectivity index (χ2v) is 4.98. The molecule has 5 heteroatoms. The van der Waals surface area contributed by atoms with Crippen molar-refractivity contribution >= 4 is 33.9 Å². The summed E-state index contributed by atoms with van der Waals surface area (Å²) in [7, 11) is 0. The molecule has 3 rings (SSSR count). The molecule has 4 nitrogen and oxygen atoms in total. The van der Waals surface area contributed by atoms with Crippen LogP contribution in [0.3, 0.4) is 0 Å². The van der Waals surface area contributed by atoms with E-state index >= 15 is 0 Å². The zero-order valence-corrected chi connectivity index (χ0v) is 11.5. The first-order valence-electron chi connectivity index (χ1n) is 6.12. The molecule has 0 bridgehead atoms. The number of aromatic amines is 1. The van der Waals surface area contributed by atoms with Gasteiger partial charge in [-0.2, -0.15) is 5.11 Å². The standard InChI is InChI=1S/C15H12ClN3O/c1-9-2-5-11(6-3-9)18-19-14-12-8-10(16)4-7-13(12)17-15(14)20/h2-8,17,20H,1H3. The molecule has 0 aliphatic carbocycles. The fraction of sp³-hybridized carbons (Fsp3) is 0.0667. The summed E-state index contributed by atoms with van der Waals surface area (Å²) in [5.41, 5.74) is 3.05. The van der Waals surface area contributed by atoms with Crippen LogP contribution in [0.15, 0.2) is 52.7 Å². The fourth-order valence-electron chi connectivity index (χ4n) is 1.96. The van der Waals surface area contributed by atoms with Crippen molar-refractivity contribution < 1.29 is 5.11 Å². The van der Waals surface area contributed by atoms with E-state index in [1.165, 1.54) is 0 Å². The molecule has 0 atom stereocenters. The lowest BCUT2D eigenvalue weighted by Crippen LogP contribution is -1.69. The summed E-state index contributed by atoms with van der Waals surface area (Å²) in [4.78, 5) is 2.84. The number of nitrogens with one attached hydrogen (secondary N) is 1. The maximum absolute atomic E-state index is 9.90. The summed E-state index contributed by atoms with van der Waals surface area (Å²) < 4.78 is 0. The van der Waals surface area contributed by atoms with Crippen LogP contribution in [-0.2, 0) is 0 Å². The van der Waals surface area contributed by atoms with E-state index in [2.05, 4.69) is 15.2 Å². The van der Waals surface area contributed by atoms with Gasteiger partial charge in [0.1, 0.15) is 0 Å². The third kappa shape index (κ3) is 2.38. The normalized spacial score (nSPS) is 11.5. The Morgan fingerprint density at radius 1 is 1.05 bits per heavy atom. The molecular formula is C15H12ClN3O. The summed E-state index contributed by atoms with van der Waals surface area (Å²) in [5.74, 6) is -0.0156. The number of aromatic hydroxyl groups is 1. The Balaban J connectivity index is 2.03. The van der Waals surface area contributed by atoms with Crippen LogP contribution in [0, 0.1) is 6.92 Å². The fourth-order valence-corrected chi connectivity index (χ4v) is 2.13. The molecule has 0 unspecified atom stereocenters. The number of benzene rings is 2. The maximum Gasteiger partial charge on any atom is 0.218 e. The van der Waals surface area contributed by atoms with Crippen molar-refractivity contribution in [1.29, 1.82) is 0 Å². The predicted octanol–water partition coefficient (Wildman–Crippen LogP) is 5.25. The average Bonchev–Trinajstić information content (AvgIpc) is 2.73. The number of aryl methyl sites for hydroxylation is 1. The summed E-state index contributed by atoms with van der Waals surface area (Å²) in [5, 5.41) is 19.5. The van der Waals surface area contributed by atoms with Crippen molar-refractivity contribution in [3.63, 3.8) is 0 Å². The number of rotatable bonds is 2. The van der Waals surface area contributed by atoms with Crippen molar-refractivity contribution in [2.45, 2.75) is 6.92 Å². The molecule has 0 radical (unpaired) electrons. The number of fused-ring (bicyclic) bond motifs is 1. The third-order valence-electron chi connectivity index (χ3n) is 3.01. The van der Waals surface area contributed by atoms with Gasteiger partial charge in [0.25, 0.3) is 0 Å². The van der Waals surface area contributed by atoms with Crippen molar-refractivity contribution in [3.05, 3.63) is 53.1 Å². The largest absolute Gasteiger partial charge is 0.493 e. The van der Waals surface area contributed by atoms with E-state index in [0.717, 1.165) is 22.2 Å². The number of azo groups is 1. The Labute approximate surface area is 120 Å². The molecule has 0 saturated heterocycles. The molecule has 1 heterocycles. The first kappa shape index (κ1) is 12.7. The Kier molecular flexibility index (Phi) is 3.16. The van der Waals surface area contributed by atoms with Crippen LogP contribution < -0.4 is 0 Å². The zero-order valence-electron chi connectivity index (χ0n) is 10.8. The van der Waals surface area contributed by atoms with Crippen LogP contribution >= 0.6 is 11.6 Å². The minimum absolute atomic E-state index is 0.0156. The van der Waals surface area contributed by atoms with Gasteiger partial charge in [0.05, 0.1) is 11.2 Å². The summed E-state index contributed by atoms with van der Waals surface area (Å²) >= 11 is 5.97. The van der Waals surface area contributed by atoms with E-state index in [1.54, 1.807) is 18.2 Å². The summed E-state index contributed by atoms with van der Waals surface area (Å²) in [6, 6.07) is 13.0. The lowest BCUT2D eigenvalue weighted by molar-refractivity contribution is 0.459. The lowest BCUT2D eigenvalue weighted by atomic mass is 10.2. The van der Waals surface area contributed by atoms with Crippen LogP contribution in [0.4, 0.5) is 11.4 Å². The quantitative estimate of drug-likeness (QED) is 0.621. The van der Waals surface area contributed by atoms with E-state index in [0.29, 0.717) is 10.7 Å². The second kappa shape index (κ2) is 4.98. The smallest absolute Gasteiger partial charge is 0.218 e. The van der Waals surface area contributed by atoms with E-state index in [4.69, 9.17) is 11.6 Å². The van der Waals surface area contributed by atoms with Gasteiger partial charge in [-0.05, 0) is 37.3 Å². The van der Waals surface area contributed by atoms with Gasteiger partial charge in [0.15, 0.2) is 5.69 Å². The zero-order chi connectivity index (χ0) is 14.1. The number of H-pyrrole nitrogens is 1. The highest BCUT2D eigenvalue weighted by Gasteiger charge is 2.10. The van der Waals surface area contributed by atoms with E-state index in [1.807, 2.05) is 31.2 Å². The molecule has 100 valence electrons. The third-order valence-corrected chi connectivity index (χ3v) is 3.25. The molecule has 0 aliphatic rings. The molecule has 0 spiro atoms. The number of hydrogen-bond donors (Lipinski definition) is 2. The van der Waals surface area contributed by atoms with Crippen LogP contribution in [0.2, 0.25) is 5.02 Å². The van der Waals surface area contributed by atoms with Crippen LogP contribution in [-0.4, -0.2) is 10.1 Å². The monoisotopic (exact) mass is 285 g/mol. The van der Waals surface area contributed by atoms with Gasteiger partial charge >= 0.3 is 0 Å². The predicted molar refractivity (Wildman–Crippen MR) is 80.3 cm³/mol. The molecule has 0 aliphatic heterocycles. The number of aromatic nitrogens is 1. The number of hydrogen-bond acceptors (Lipinski definition) is 3. The number of halogens is 1. The highest BCUT2D eigenvalue weighted by Crippen LogP contribution is 2.37. The van der Waals surface area contributed by atoms with Crippen LogP contribution in [0.5, 0.6) is 5.88 Å². The van der Waals surface area contributed by atoms with Crippen molar-refractivity contribution in [3.8, 4) is 5.88 Å². The van der Waals surface area contributed by atoms with Gasteiger partial charge < -0.3 is 10.1 Å². The topological polar surface area (TPSA) is 60.7 Å². The number of nitrogens with zero attached hydrogens (tertiary/aromatic N) is 2. The summed E-state index contributed by atoms with van der Waals surface area (Å²) in [6.45, 7) is 2.01. The van der Waals surface area contributed by atoms with Crippen molar-refractivity contribution in [2.24, 2.45) is 10.2 Å². The Morgan fingerprint density at radius 3 is 2.55 bits per heavy atom. The first-order chi connectivity index (χ1) is 9.63. The first-order valence-corrected chi connectivity index (χ1v) is 6.50. The SMILES string of the molecule is Cc1ccc(N=Nc2c(O)[nH]c3ccc(Cl)cc23)cc1. The van der Waals surface area contributed by atoms with Gasteiger partial charge in [-0.3, -0.25) is 0 Å². The molecular weight excluding hydrogens is 274 g/mol. The minimum Gasteiger partial charge on any atom is -0.493 e. The molecule has 0 saturated carbocycles. The lowest BCUT2D eigenvalue weighted by Gasteiger charge is -1.95. The van der Waals surface area contributed by atoms with Gasteiger partial charge in [-0.1, -0.05) is 29.3 Å². The summed E-state index contributed by atoms with van der Waals surface area (Å²) in [6.07, 6.45) is 0. The second-order valence-electron chi connectivity index (χ2n) is 4.55. The molecule has 0 amide bonds. The molecule has 2 N–H and O–H groups in total. The molecule has 20 heavy (non-hydrogen) atoms. The van der Waals surface area contributed by atoms with Crippen molar-refractivity contribution in [1.82, 2.24) is 4.98 Å². The Hall–Kier alpha value is -2.33. The maximum atomic E-state index is 9.90. The van der Waals surface area contributed by atoms with Crippen molar-refractivity contribution in [2.75, 3.05) is 0 Å². The Bertz CT molecular complexity index is 791. The van der Waals surface area contributed by atoms with Gasteiger partial charge in [0.2, 0.25) is 5.88 Å². The minimum atomic E-state index is -0.0156. The highest BCUT2D eigenvalue weighted by molar-refractivity contribution is 6.31. The van der Waals surface area contributed by atoms with Gasteiger partial charge in [0, 0.05) is 10.4 Å². The average molecular weight is 286 g/mol. The molecule has 3 aromatic rings. The molecule has 2 aromatic carbocycles. The molecule has 1 aromatic heterocycles. The highest BCUT2D eigenvalue weighted by atomic mass is 35.5. The van der Waals surface area contributed by atoms with E-state index < -0.39 is 0 Å². The van der Waals surface area contributed by atoms with E-state index in [-0.39, 0.29) is 5.88 Å². The van der Waals surface area contributed by atoms with E-state index in [9.17, 15) is 5.11 Å². The van der Waals surface area contributed by atoms with Gasteiger partial charge in [-0.25, -0.2) is 0 Å². The van der Waals surface area contributed by atoms with Crippen LogP contribution in [0.1, 0.15) is 5.56 Å². The Morgan fingerprint density at radius 2 is 1.80 bits per heavy atom. The van der Waals surface area contributed by atoms with Gasteiger partial charge in [-0.15, -0.1) is 5.11 Å². The molecule has 0 fully saturated rings.